The SMILES string of the molecule is C=C/C(=C\C)N(c1ccc(-c2ccccc2)cc1)c1ccc(-c2ccc3c(c2)oc2ccccc23)cc1.Cc1ccccc1. The fourth-order valence-electron chi connectivity index (χ4n) is 5.46. The van der Waals surface area contributed by atoms with Crippen LogP contribution in [-0.4, -0.2) is 0 Å². The lowest BCUT2D eigenvalue weighted by molar-refractivity contribution is 0.669. The lowest BCUT2D eigenvalue weighted by Gasteiger charge is -2.26. The Kier molecular flexibility index (Phi) is 8.52. The van der Waals surface area contributed by atoms with Crippen LogP contribution in [0.2, 0.25) is 0 Å². The molecule has 0 amide bonds. The Hall–Kier alpha value is -5.60. The van der Waals surface area contributed by atoms with Crippen molar-refractivity contribution < 1.29 is 4.42 Å². The second-order valence-electron chi connectivity index (χ2n) is 10.7. The zero-order chi connectivity index (χ0) is 30.3. The highest BCUT2D eigenvalue weighted by molar-refractivity contribution is 6.05. The molecule has 1 heterocycles. The number of furan rings is 1. The van der Waals surface area contributed by atoms with Crippen molar-refractivity contribution in [1.82, 2.24) is 0 Å². The smallest absolute Gasteiger partial charge is 0.136 e. The van der Waals surface area contributed by atoms with E-state index in [9.17, 15) is 0 Å². The molecule has 0 fully saturated rings. The van der Waals surface area contributed by atoms with Gasteiger partial charge in [0.2, 0.25) is 0 Å². The summed E-state index contributed by atoms with van der Waals surface area (Å²) in [6.07, 6.45) is 3.98. The molecule has 6 aromatic carbocycles. The summed E-state index contributed by atoms with van der Waals surface area (Å²) in [5.74, 6) is 0. The summed E-state index contributed by atoms with van der Waals surface area (Å²) in [7, 11) is 0. The van der Waals surface area contributed by atoms with E-state index in [-0.39, 0.29) is 0 Å². The average molecular weight is 570 g/mol. The molecule has 0 saturated carbocycles. The first-order valence-corrected chi connectivity index (χ1v) is 14.9. The van der Waals surface area contributed by atoms with Crippen molar-refractivity contribution in [2.45, 2.75) is 13.8 Å². The molecule has 1 aromatic heterocycles. The molecule has 0 aliphatic carbocycles. The van der Waals surface area contributed by atoms with Crippen molar-refractivity contribution in [1.29, 1.82) is 0 Å². The van der Waals surface area contributed by atoms with Crippen LogP contribution >= 0.6 is 0 Å². The lowest BCUT2D eigenvalue weighted by Crippen LogP contribution is -2.14. The van der Waals surface area contributed by atoms with E-state index in [4.69, 9.17) is 4.42 Å². The van der Waals surface area contributed by atoms with Gasteiger partial charge in [-0.25, -0.2) is 0 Å². The quantitative estimate of drug-likeness (QED) is 0.185. The van der Waals surface area contributed by atoms with E-state index in [1.165, 1.54) is 16.7 Å². The predicted molar refractivity (Wildman–Crippen MR) is 188 cm³/mol. The van der Waals surface area contributed by atoms with Crippen molar-refractivity contribution in [3.63, 3.8) is 0 Å². The van der Waals surface area contributed by atoms with E-state index in [1.54, 1.807) is 0 Å². The van der Waals surface area contributed by atoms with Gasteiger partial charge in [0, 0.05) is 27.8 Å². The highest BCUT2D eigenvalue weighted by atomic mass is 16.3. The number of fused-ring (bicyclic) bond motifs is 3. The van der Waals surface area contributed by atoms with Gasteiger partial charge in [-0.05, 0) is 84.6 Å². The fraction of sp³-hybridized carbons (Fsp3) is 0.0476. The minimum atomic E-state index is 0.908. The van der Waals surface area contributed by atoms with Crippen molar-refractivity contribution in [3.05, 3.63) is 182 Å². The van der Waals surface area contributed by atoms with Crippen LogP contribution in [0.4, 0.5) is 11.4 Å². The topological polar surface area (TPSA) is 16.4 Å². The van der Waals surface area contributed by atoms with Gasteiger partial charge in [0.1, 0.15) is 11.2 Å². The summed E-state index contributed by atoms with van der Waals surface area (Å²) < 4.78 is 6.11. The zero-order valence-electron chi connectivity index (χ0n) is 25.2. The fourth-order valence-corrected chi connectivity index (χ4v) is 5.46. The average Bonchev–Trinajstić information content (AvgIpc) is 3.46. The van der Waals surface area contributed by atoms with Crippen molar-refractivity contribution in [2.24, 2.45) is 0 Å². The molecule has 2 nitrogen and oxygen atoms in total. The Morgan fingerprint density at radius 1 is 0.545 bits per heavy atom. The molecule has 44 heavy (non-hydrogen) atoms. The Morgan fingerprint density at radius 3 is 1.61 bits per heavy atom. The van der Waals surface area contributed by atoms with Gasteiger partial charge >= 0.3 is 0 Å². The van der Waals surface area contributed by atoms with E-state index in [2.05, 4.69) is 134 Å². The van der Waals surface area contributed by atoms with Gasteiger partial charge in [-0.3, -0.25) is 0 Å². The molecule has 7 aromatic rings. The molecule has 0 spiro atoms. The van der Waals surface area contributed by atoms with Gasteiger partial charge in [-0.1, -0.05) is 127 Å². The first-order valence-electron chi connectivity index (χ1n) is 14.9. The van der Waals surface area contributed by atoms with Crippen LogP contribution in [0.3, 0.4) is 0 Å². The third kappa shape index (κ3) is 6.11. The molecule has 0 radical (unpaired) electrons. The maximum Gasteiger partial charge on any atom is 0.136 e. The van der Waals surface area contributed by atoms with Crippen LogP contribution in [0.25, 0.3) is 44.2 Å². The zero-order valence-corrected chi connectivity index (χ0v) is 25.2. The highest BCUT2D eigenvalue weighted by Crippen LogP contribution is 2.35. The number of nitrogens with zero attached hydrogens (tertiary/aromatic N) is 1. The molecule has 0 aliphatic rings. The summed E-state index contributed by atoms with van der Waals surface area (Å²) in [4.78, 5) is 2.23. The number of aryl methyl sites for hydroxylation is 1. The van der Waals surface area contributed by atoms with Gasteiger partial charge in [-0.2, -0.15) is 0 Å². The van der Waals surface area contributed by atoms with Crippen LogP contribution in [0, 0.1) is 6.92 Å². The van der Waals surface area contributed by atoms with Gasteiger partial charge in [0.25, 0.3) is 0 Å². The van der Waals surface area contributed by atoms with Gasteiger partial charge in [0.15, 0.2) is 0 Å². The van der Waals surface area contributed by atoms with Crippen molar-refractivity contribution in [2.75, 3.05) is 4.90 Å². The molecule has 0 bridgehead atoms. The van der Waals surface area contributed by atoms with Crippen LogP contribution in [0.5, 0.6) is 0 Å². The molecule has 2 heteroatoms. The van der Waals surface area contributed by atoms with Crippen molar-refractivity contribution in [3.8, 4) is 22.3 Å². The number of rotatable bonds is 6. The van der Waals surface area contributed by atoms with E-state index >= 15 is 0 Å². The third-order valence-corrected chi connectivity index (χ3v) is 7.77. The minimum Gasteiger partial charge on any atom is -0.456 e. The normalized spacial score (nSPS) is 11.2. The Bertz CT molecular complexity index is 2020. The molecule has 0 aliphatic heterocycles. The number of allylic oxidation sites excluding steroid dienone is 2. The molecule has 0 atom stereocenters. The number of benzene rings is 6. The van der Waals surface area contributed by atoms with Gasteiger partial charge in [0.05, 0.1) is 0 Å². The number of para-hydroxylation sites is 1. The summed E-state index contributed by atoms with van der Waals surface area (Å²) in [6.45, 7) is 8.18. The summed E-state index contributed by atoms with van der Waals surface area (Å²) in [6, 6.07) is 52.7. The molecule has 214 valence electrons. The first kappa shape index (κ1) is 28.5. The van der Waals surface area contributed by atoms with E-state index in [1.807, 2.05) is 55.5 Å². The largest absolute Gasteiger partial charge is 0.456 e. The predicted octanol–water partition coefficient (Wildman–Crippen LogP) is 12.1. The van der Waals surface area contributed by atoms with Gasteiger partial charge < -0.3 is 9.32 Å². The number of anilines is 2. The number of hydrogen-bond donors (Lipinski definition) is 0. The highest BCUT2D eigenvalue weighted by Gasteiger charge is 2.14. The van der Waals surface area contributed by atoms with Crippen molar-refractivity contribution >= 4 is 33.3 Å². The van der Waals surface area contributed by atoms with Gasteiger partial charge in [-0.15, -0.1) is 0 Å². The molecule has 0 unspecified atom stereocenters. The third-order valence-electron chi connectivity index (χ3n) is 7.77. The summed E-state index contributed by atoms with van der Waals surface area (Å²) in [5, 5.41) is 2.29. The van der Waals surface area contributed by atoms with Crippen LogP contribution in [-0.2, 0) is 0 Å². The van der Waals surface area contributed by atoms with Crippen LogP contribution < -0.4 is 4.90 Å². The Balaban J connectivity index is 0.000000433. The standard InChI is InChI=1S/C35H27NO.C7H8/c1-3-29(4-2)36(30-19-14-26(15-20-30)25-10-6-5-7-11-25)31-21-16-27(17-22-31)28-18-23-33-32-12-8-9-13-34(32)37-35(33)24-28;1-7-5-3-2-4-6-7/h3-24H,1H2,2H3;2-6H,1H3/b29-4+;. The minimum absolute atomic E-state index is 0.908. The first-order chi connectivity index (χ1) is 21.6. The van der Waals surface area contributed by atoms with Crippen LogP contribution in [0.1, 0.15) is 12.5 Å². The summed E-state index contributed by atoms with van der Waals surface area (Å²) in [5.41, 5.74) is 11.0. The molecule has 0 N–H and O–H groups in total. The van der Waals surface area contributed by atoms with E-state index in [0.29, 0.717) is 0 Å². The van der Waals surface area contributed by atoms with Crippen LogP contribution in [0.15, 0.2) is 181 Å². The Morgan fingerprint density at radius 2 is 1.05 bits per heavy atom. The molecule has 7 rings (SSSR count). The maximum absolute atomic E-state index is 6.11. The van der Waals surface area contributed by atoms with E-state index in [0.717, 1.165) is 50.1 Å². The molecular formula is C42H35NO. The Labute approximate surface area is 259 Å². The maximum atomic E-state index is 6.11. The van der Waals surface area contributed by atoms with E-state index < -0.39 is 0 Å². The number of hydrogen-bond acceptors (Lipinski definition) is 2. The second-order valence-corrected chi connectivity index (χ2v) is 10.7. The monoisotopic (exact) mass is 569 g/mol. The second kappa shape index (κ2) is 13.1. The lowest BCUT2D eigenvalue weighted by atomic mass is 10.0. The molecule has 0 saturated heterocycles. The molecular weight excluding hydrogens is 534 g/mol. The summed E-state index contributed by atoms with van der Waals surface area (Å²) >= 11 is 0.